The molecule has 0 radical (unpaired) electrons. The number of benzene rings is 3. The van der Waals surface area contributed by atoms with Crippen molar-refractivity contribution in [2.24, 2.45) is 0 Å². The average molecular weight is 548 g/mol. The number of hydrogen-bond donors (Lipinski definition) is 2. The van der Waals surface area contributed by atoms with Crippen molar-refractivity contribution in [3.63, 3.8) is 0 Å². The van der Waals surface area contributed by atoms with Crippen LogP contribution in [0.25, 0.3) is 0 Å². The van der Waals surface area contributed by atoms with Crippen molar-refractivity contribution in [3.8, 4) is 5.75 Å². The number of nitrogens with one attached hydrogen (secondary N) is 2. The van der Waals surface area contributed by atoms with Crippen LogP contribution in [-0.2, 0) is 29.1 Å². The highest BCUT2D eigenvalue weighted by Crippen LogP contribution is 2.25. The maximum absolute atomic E-state index is 13.6. The van der Waals surface area contributed by atoms with Gasteiger partial charge in [0.25, 0.3) is 15.9 Å². The summed E-state index contributed by atoms with van der Waals surface area (Å²) < 4.78 is 63.6. The number of rotatable bonds is 10. The molecule has 0 spiro atoms. The highest BCUT2D eigenvalue weighted by Gasteiger charge is 2.21. The van der Waals surface area contributed by atoms with Gasteiger partial charge in [0.2, 0.25) is 5.91 Å². The molecule has 3 rings (SSSR count). The molecule has 0 heterocycles. The third kappa shape index (κ3) is 7.49. The molecule has 0 aromatic heterocycles. The van der Waals surface area contributed by atoms with E-state index in [9.17, 15) is 31.6 Å². The normalized spacial score (nSPS) is 10.8. The molecule has 13 heteroatoms. The third-order valence-electron chi connectivity index (χ3n) is 4.96. The van der Waals surface area contributed by atoms with Crippen LogP contribution in [0.5, 0.6) is 5.75 Å². The second-order valence-electron chi connectivity index (χ2n) is 7.79. The van der Waals surface area contributed by atoms with Crippen molar-refractivity contribution in [1.29, 1.82) is 0 Å². The van der Waals surface area contributed by atoms with Crippen molar-refractivity contribution in [3.05, 3.63) is 78.4 Å². The Kier molecular flexibility index (Phi) is 8.97. The number of nitrogens with zero attached hydrogens (tertiary/aromatic N) is 1. The van der Waals surface area contributed by atoms with E-state index in [-0.39, 0.29) is 16.6 Å². The highest BCUT2D eigenvalue weighted by atomic mass is 32.2. The first kappa shape index (κ1) is 28.1. The molecular weight excluding hydrogens is 524 g/mol. The van der Waals surface area contributed by atoms with Crippen LogP contribution in [0.4, 0.5) is 25.8 Å². The molecule has 0 unspecified atom stereocenters. The minimum Gasteiger partial charge on any atom is -0.482 e. The summed E-state index contributed by atoms with van der Waals surface area (Å²) in [5, 5.41) is 4.65. The van der Waals surface area contributed by atoms with Gasteiger partial charge in [-0.2, -0.15) is 0 Å². The van der Waals surface area contributed by atoms with Gasteiger partial charge >= 0.3 is 5.97 Å². The molecule has 0 atom stereocenters. The number of amides is 2. The minimum absolute atomic E-state index is 0.0151. The summed E-state index contributed by atoms with van der Waals surface area (Å²) in [6.45, 7) is 0.0368. The Labute approximate surface area is 217 Å². The van der Waals surface area contributed by atoms with E-state index in [2.05, 4.69) is 10.6 Å². The number of sulfonamides is 1. The lowest BCUT2D eigenvalue weighted by Gasteiger charge is -2.20. The summed E-state index contributed by atoms with van der Waals surface area (Å²) >= 11 is 0. The molecule has 0 aliphatic heterocycles. The Bertz CT molecular complexity index is 1430. The number of carbonyl (C=O) groups is 3. The van der Waals surface area contributed by atoms with Crippen LogP contribution in [0.1, 0.15) is 6.92 Å². The van der Waals surface area contributed by atoms with Gasteiger partial charge in [-0.15, -0.1) is 0 Å². The third-order valence-corrected chi connectivity index (χ3v) is 6.76. The van der Waals surface area contributed by atoms with Gasteiger partial charge in [-0.1, -0.05) is 0 Å². The van der Waals surface area contributed by atoms with Gasteiger partial charge in [-0.3, -0.25) is 13.9 Å². The van der Waals surface area contributed by atoms with Gasteiger partial charge in [0.1, 0.15) is 17.4 Å². The second kappa shape index (κ2) is 12.1. The molecule has 0 saturated heterocycles. The number of ether oxygens (including phenoxy) is 2. The zero-order valence-electron chi connectivity index (χ0n) is 20.2. The second-order valence-corrected chi connectivity index (χ2v) is 9.76. The lowest BCUT2D eigenvalue weighted by molar-refractivity contribution is -0.149. The number of halogens is 2. The maximum atomic E-state index is 13.6. The first-order valence-electron chi connectivity index (χ1n) is 11.0. The fourth-order valence-electron chi connectivity index (χ4n) is 3.07. The number of esters is 1. The van der Waals surface area contributed by atoms with Gasteiger partial charge in [-0.25, -0.2) is 22.0 Å². The summed E-state index contributed by atoms with van der Waals surface area (Å²) in [6.07, 6.45) is 0. The first-order chi connectivity index (χ1) is 18.0. The van der Waals surface area contributed by atoms with E-state index in [1.54, 1.807) is 0 Å². The van der Waals surface area contributed by atoms with Crippen molar-refractivity contribution in [2.75, 3.05) is 35.2 Å². The van der Waals surface area contributed by atoms with Crippen LogP contribution in [0.3, 0.4) is 0 Å². The molecule has 0 aliphatic rings. The highest BCUT2D eigenvalue weighted by molar-refractivity contribution is 7.92. The molecule has 0 aliphatic carbocycles. The van der Waals surface area contributed by atoms with Gasteiger partial charge in [-0.05, 0) is 60.7 Å². The number of carbonyl (C=O) groups excluding carboxylic acids is 3. The fraction of sp³-hybridized carbons (Fsp3) is 0.160. The van der Waals surface area contributed by atoms with E-state index in [4.69, 9.17) is 9.47 Å². The molecule has 200 valence electrons. The summed E-state index contributed by atoms with van der Waals surface area (Å²) in [7, 11) is -2.53. The smallest absolute Gasteiger partial charge is 0.344 e. The SMILES string of the molecule is CC(=O)Nc1ccc(S(=O)(=O)N(C)c2ccc(OCC(=O)OCC(=O)Nc3cc(F)ccc3F)cc2)cc1. The van der Waals surface area contributed by atoms with Crippen LogP contribution in [0.2, 0.25) is 0 Å². The van der Waals surface area contributed by atoms with E-state index in [1.807, 2.05) is 0 Å². The topological polar surface area (TPSA) is 131 Å². The van der Waals surface area contributed by atoms with Crippen molar-refractivity contribution >= 4 is 44.9 Å². The summed E-state index contributed by atoms with van der Waals surface area (Å²) in [5.74, 6) is -3.43. The van der Waals surface area contributed by atoms with Crippen LogP contribution in [0.15, 0.2) is 71.6 Å². The molecule has 38 heavy (non-hydrogen) atoms. The largest absolute Gasteiger partial charge is 0.482 e. The summed E-state index contributed by atoms with van der Waals surface area (Å²) in [5.41, 5.74) is 0.378. The molecular formula is C25H23F2N3O7S. The fourth-order valence-corrected chi connectivity index (χ4v) is 4.27. The van der Waals surface area contributed by atoms with Gasteiger partial charge < -0.3 is 20.1 Å². The quantitative estimate of drug-likeness (QED) is 0.373. The van der Waals surface area contributed by atoms with E-state index in [0.717, 1.165) is 22.5 Å². The molecule has 0 saturated carbocycles. The van der Waals surface area contributed by atoms with E-state index < -0.39 is 52.4 Å². The predicted molar refractivity (Wildman–Crippen MR) is 134 cm³/mol. The Balaban J connectivity index is 1.51. The summed E-state index contributed by atoms with van der Waals surface area (Å²) in [4.78, 5) is 34.8. The average Bonchev–Trinajstić information content (AvgIpc) is 2.88. The van der Waals surface area contributed by atoms with E-state index >= 15 is 0 Å². The van der Waals surface area contributed by atoms with Crippen molar-refractivity contribution in [2.45, 2.75) is 11.8 Å². The first-order valence-corrected chi connectivity index (χ1v) is 12.4. The van der Waals surface area contributed by atoms with Crippen molar-refractivity contribution in [1.82, 2.24) is 0 Å². The van der Waals surface area contributed by atoms with Gasteiger partial charge in [0.15, 0.2) is 13.2 Å². The van der Waals surface area contributed by atoms with Gasteiger partial charge in [0, 0.05) is 25.7 Å². The van der Waals surface area contributed by atoms with E-state index in [1.165, 1.54) is 62.5 Å². The van der Waals surface area contributed by atoms with Crippen LogP contribution in [0, 0.1) is 11.6 Å². The summed E-state index contributed by atoms with van der Waals surface area (Å²) in [6, 6.07) is 14.0. The lowest BCUT2D eigenvalue weighted by atomic mass is 10.3. The molecule has 2 amide bonds. The van der Waals surface area contributed by atoms with Crippen molar-refractivity contribution < 1.29 is 41.1 Å². The lowest BCUT2D eigenvalue weighted by Crippen LogP contribution is -2.26. The molecule has 2 N–H and O–H groups in total. The Hall–Kier alpha value is -4.52. The maximum Gasteiger partial charge on any atom is 0.344 e. The Morgan fingerprint density at radius 1 is 0.895 bits per heavy atom. The zero-order valence-corrected chi connectivity index (χ0v) is 21.1. The molecule has 0 bridgehead atoms. The predicted octanol–water partition coefficient (Wildman–Crippen LogP) is 3.31. The zero-order chi connectivity index (χ0) is 27.9. The monoisotopic (exact) mass is 547 g/mol. The van der Waals surface area contributed by atoms with Gasteiger partial charge in [0.05, 0.1) is 16.3 Å². The standard InChI is InChI=1S/C25H23F2N3O7S/c1-16(31)28-18-4-10-21(11-5-18)38(34,35)30(2)19-6-8-20(9-7-19)36-15-25(33)37-14-24(32)29-23-13-17(26)3-12-22(23)27/h3-13H,14-15H2,1-2H3,(H,28,31)(H,29,32). The number of hydrogen-bond acceptors (Lipinski definition) is 7. The molecule has 10 nitrogen and oxygen atoms in total. The minimum atomic E-state index is -3.90. The van der Waals surface area contributed by atoms with Crippen LogP contribution in [-0.4, -0.2) is 46.5 Å². The Morgan fingerprint density at radius 3 is 2.18 bits per heavy atom. The van der Waals surface area contributed by atoms with E-state index in [0.29, 0.717) is 11.4 Å². The van der Waals surface area contributed by atoms with Crippen LogP contribution < -0.4 is 19.7 Å². The molecule has 0 fully saturated rings. The Morgan fingerprint density at radius 2 is 1.55 bits per heavy atom. The molecule has 3 aromatic carbocycles. The van der Waals surface area contributed by atoms with Crippen LogP contribution >= 0.6 is 0 Å². The number of anilines is 3. The molecule has 3 aromatic rings.